The first-order valence-corrected chi connectivity index (χ1v) is 5.49. The molecule has 13 heavy (non-hydrogen) atoms. The summed E-state index contributed by atoms with van der Waals surface area (Å²) in [5.74, 6) is 0.224. The third kappa shape index (κ3) is 2.71. The fraction of sp³-hybridized carbons (Fsp3) is 0.909. The van der Waals surface area contributed by atoms with Gasteiger partial charge in [-0.2, -0.15) is 0 Å². The summed E-state index contributed by atoms with van der Waals surface area (Å²) in [6.07, 6.45) is 6.79. The highest BCUT2D eigenvalue weighted by atomic mass is 16.1. The van der Waals surface area contributed by atoms with Gasteiger partial charge in [-0.1, -0.05) is 20.3 Å². The molecule has 0 unspecified atom stereocenters. The van der Waals surface area contributed by atoms with E-state index in [1.807, 2.05) is 6.92 Å². The van der Waals surface area contributed by atoms with Crippen LogP contribution in [-0.4, -0.2) is 12.5 Å². The van der Waals surface area contributed by atoms with Crippen LogP contribution in [-0.2, 0) is 4.79 Å². The second kappa shape index (κ2) is 4.64. The molecule has 1 amide bonds. The number of hydrogen-bond acceptors (Lipinski definition) is 1. The smallest absolute Gasteiger partial charge is 0.220 e. The predicted octanol–water partition coefficient (Wildman–Crippen LogP) is 2.48. The van der Waals surface area contributed by atoms with E-state index in [1.54, 1.807) is 0 Å². The number of amides is 1. The first-order valence-electron chi connectivity index (χ1n) is 5.49. The van der Waals surface area contributed by atoms with Crippen LogP contribution >= 0.6 is 0 Å². The molecule has 0 atom stereocenters. The minimum absolute atomic E-state index is 0.224. The molecule has 0 saturated heterocycles. The molecule has 1 aliphatic carbocycles. The minimum Gasteiger partial charge on any atom is -0.356 e. The summed E-state index contributed by atoms with van der Waals surface area (Å²) in [5.41, 5.74) is 0.462. The maximum Gasteiger partial charge on any atom is 0.220 e. The summed E-state index contributed by atoms with van der Waals surface area (Å²) in [6.45, 7) is 5.17. The molecule has 1 rings (SSSR count). The molecule has 2 heteroatoms. The third-order valence-electron chi connectivity index (χ3n) is 3.30. The lowest BCUT2D eigenvalue weighted by molar-refractivity contribution is -0.122. The maximum atomic E-state index is 11.2. The van der Waals surface area contributed by atoms with Gasteiger partial charge in [-0.15, -0.1) is 0 Å². The van der Waals surface area contributed by atoms with E-state index < -0.39 is 0 Å². The summed E-state index contributed by atoms with van der Waals surface area (Å²) in [4.78, 5) is 11.2. The highest BCUT2D eigenvalue weighted by Gasteiger charge is 2.34. The van der Waals surface area contributed by atoms with Gasteiger partial charge >= 0.3 is 0 Å². The van der Waals surface area contributed by atoms with E-state index >= 15 is 0 Å². The predicted molar refractivity (Wildman–Crippen MR) is 54.5 cm³/mol. The van der Waals surface area contributed by atoms with Gasteiger partial charge in [-0.25, -0.2) is 0 Å². The van der Waals surface area contributed by atoms with Crippen molar-refractivity contribution in [2.24, 2.45) is 5.41 Å². The third-order valence-corrected chi connectivity index (χ3v) is 3.30. The fourth-order valence-electron chi connectivity index (χ4n) is 1.93. The van der Waals surface area contributed by atoms with Crippen LogP contribution in [0, 0.1) is 5.41 Å². The van der Waals surface area contributed by atoms with Crippen molar-refractivity contribution in [3.63, 3.8) is 0 Å². The van der Waals surface area contributed by atoms with Crippen LogP contribution in [0.4, 0.5) is 0 Å². The lowest BCUT2D eigenvalue weighted by Gasteiger charge is -2.41. The largest absolute Gasteiger partial charge is 0.356 e. The normalized spacial score (nSPS) is 19.2. The number of nitrogens with one attached hydrogen (secondary N) is 1. The summed E-state index contributed by atoms with van der Waals surface area (Å²) < 4.78 is 0. The average molecular weight is 183 g/mol. The van der Waals surface area contributed by atoms with Crippen molar-refractivity contribution in [2.75, 3.05) is 6.54 Å². The average Bonchev–Trinajstić information content (AvgIpc) is 2.04. The topological polar surface area (TPSA) is 29.1 Å². The lowest BCUT2D eigenvalue weighted by Crippen LogP contribution is -2.41. The summed E-state index contributed by atoms with van der Waals surface area (Å²) >= 11 is 0. The second-order valence-electron chi connectivity index (χ2n) is 4.23. The lowest BCUT2D eigenvalue weighted by atomic mass is 9.67. The van der Waals surface area contributed by atoms with Gasteiger partial charge in [0.1, 0.15) is 0 Å². The molecule has 0 radical (unpaired) electrons. The molecule has 1 N–H and O–H groups in total. The van der Waals surface area contributed by atoms with Crippen LogP contribution in [0.15, 0.2) is 0 Å². The number of carbonyl (C=O) groups excluding carboxylic acids is 1. The molecule has 1 aliphatic rings. The zero-order chi connectivity index (χ0) is 9.73. The quantitative estimate of drug-likeness (QED) is 0.697. The van der Waals surface area contributed by atoms with Gasteiger partial charge in [0.15, 0.2) is 0 Å². The van der Waals surface area contributed by atoms with Gasteiger partial charge in [0.2, 0.25) is 5.91 Å². The van der Waals surface area contributed by atoms with Crippen LogP contribution in [0.2, 0.25) is 0 Å². The highest BCUT2D eigenvalue weighted by Crippen LogP contribution is 2.42. The first kappa shape index (κ1) is 10.6. The van der Waals surface area contributed by atoms with E-state index in [-0.39, 0.29) is 5.91 Å². The molecule has 0 aromatic rings. The Morgan fingerprint density at radius 2 is 2.08 bits per heavy atom. The molecule has 0 aromatic carbocycles. The van der Waals surface area contributed by atoms with Crippen LogP contribution in [0.1, 0.15) is 52.4 Å². The van der Waals surface area contributed by atoms with Gasteiger partial charge in [0.25, 0.3) is 0 Å². The standard InChI is InChI=1S/C11H21NO/c1-3-6-10(13)12-9-11(4-2)7-5-8-11/h3-9H2,1-2H3,(H,12,13). The van der Waals surface area contributed by atoms with Crippen molar-refractivity contribution in [3.05, 3.63) is 0 Å². The van der Waals surface area contributed by atoms with E-state index in [0.29, 0.717) is 11.8 Å². The molecule has 0 aliphatic heterocycles. The first-order chi connectivity index (χ1) is 6.22. The van der Waals surface area contributed by atoms with E-state index in [2.05, 4.69) is 12.2 Å². The Bertz CT molecular complexity index is 167. The van der Waals surface area contributed by atoms with Crippen molar-refractivity contribution in [3.8, 4) is 0 Å². The molecule has 0 aromatic heterocycles. The number of carbonyl (C=O) groups is 1. The molecule has 1 saturated carbocycles. The Morgan fingerprint density at radius 3 is 2.46 bits per heavy atom. The van der Waals surface area contributed by atoms with E-state index in [4.69, 9.17) is 0 Å². The van der Waals surface area contributed by atoms with Crippen LogP contribution in [0.25, 0.3) is 0 Å². The van der Waals surface area contributed by atoms with Crippen molar-refractivity contribution < 1.29 is 4.79 Å². The van der Waals surface area contributed by atoms with Crippen molar-refractivity contribution >= 4 is 5.91 Å². The molecular weight excluding hydrogens is 162 g/mol. The molecule has 76 valence electrons. The molecule has 0 bridgehead atoms. The Morgan fingerprint density at radius 1 is 1.38 bits per heavy atom. The van der Waals surface area contributed by atoms with Gasteiger partial charge in [-0.05, 0) is 31.1 Å². The number of hydrogen-bond donors (Lipinski definition) is 1. The minimum atomic E-state index is 0.224. The van der Waals surface area contributed by atoms with Gasteiger partial charge in [-0.3, -0.25) is 4.79 Å². The SMILES string of the molecule is CCCC(=O)NCC1(CC)CCC1. The highest BCUT2D eigenvalue weighted by molar-refractivity contribution is 5.75. The Hall–Kier alpha value is -0.530. The zero-order valence-corrected chi connectivity index (χ0v) is 8.86. The molecular formula is C11H21NO. The summed E-state index contributed by atoms with van der Waals surface area (Å²) in [5, 5.41) is 3.04. The van der Waals surface area contributed by atoms with Crippen molar-refractivity contribution in [1.29, 1.82) is 0 Å². The summed E-state index contributed by atoms with van der Waals surface area (Å²) in [6, 6.07) is 0. The zero-order valence-electron chi connectivity index (χ0n) is 8.86. The molecule has 0 spiro atoms. The van der Waals surface area contributed by atoms with Gasteiger partial charge in [0, 0.05) is 13.0 Å². The second-order valence-corrected chi connectivity index (χ2v) is 4.23. The maximum absolute atomic E-state index is 11.2. The Labute approximate surface area is 81.1 Å². The summed E-state index contributed by atoms with van der Waals surface area (Å²) in [7, 11) is 0. The van der Waals surface area contributed by atoms with Gasteiger partial charge in [0.05, 0.1) is 0 Å². The van der Waals surface area contributed by atoms with E-state index in [9.17, 15) is 4.79 Å². The van der Waals surface area contributed by atoms with Gasteiger partial charge < -0.3 is 5.32 Å². The van der Waals surface area contributed by atoms with Crippen LogP contribution < -0.4 is 5.32 Å². The molecule has 0 heterocycles. The molecule has 1 fully saturated rings. The Kier molecular flexibility index (Phi) is 3.76. The van der Waals surface area contributed by atoms with E-state index in [0.717, 1.165) is 13.0 Å². The van der Waals surface area contributed by atoms with Crippen LogP contribution in [0.3, 0.4) is 0 Å². The van der Waals surface area contributed by atoms with E-state index in [1.165, 1.54) is 25.7 Å². The Balaban J connectivity index is 2.20. The van der Waals surface area contributed by atoms with Crippen molar-refractivity contribution in [1.82, 2.24) is 5.32 Å². The molecule has 2 nitrogen and oxygen atoms in total. The number of rotatable bonds is 5. The van der Waals surface area contributed by atoms with Crippen LogP contribution in [0.5, 0.6) is 0 Å². The monoisotopic (exact) mass is 183 g/mol. The fourth-order valence-corrected chi connectivity index (χ4v) is 1.93. The van der Waals surface area contributed by atoms with Crippen molar-refractivity contribution in [2.45, 2.75) is 52.4 Å².